The molecular formula is C19H17ClN2O2S. The van der Waals surface area contributed by atoms with Gasteiger partial charge in [-0.25, -0.2) is 4.98 Å². The first-order valence-electron chi connectivity index (χ1n) is 7.71. The Morgan fingerprint density at radius 1 is 1.24 bits per heavy atom. The fraction of sp³-hybridized carbons (Fsp3) is 0.158. The second-order valence-corrected chi connectivity index (χ2v) is 6.74. The molecule has 6 heteroatoms. The summed E-state index contributed by atoms with van der Waals surface area (Å²) in [4.78, 5) is 18.5. The van der Waals surface area contributed by atoms with E-state index in [1.165, 1.54) is 11.3 Å². The van der Waals surface area contributed by atoms with E-state index in [0.29, 0.717) is 29.5 Å². The average Bonchev–Trinajstić information content (AvgIpc) is 3.15. The van der Waals surface area contributed by atoms with Crippen molar-refractivity contribution in [1.82, 2.24) is 9.88 Å². The largest absolute Gasteiger partial charge is 0.487 e. The van der Waals surface area contributed by atoms with Gasteiger partial charge in [0.15, 0.2) is 0 Å². The molecule has 0 saturated carbocycles. The van der Waals surface area contributed by atoms with Crippen LogP contribution >= 0.6 is 22.9 Å². The number of hydrogen-bond donors (Lipinski definition) is 0. The third-order valence-electron chi connectivity index (χ3n) is 3.63. The number of halogens is 1. The number of amides is 1. The third kappa shape index (κ3) is 4.81. The predicted octanol–water partition coefficient (Wildman–Crippen LogP) is 4.65. The van der Waals surface area contributed by atoms with E-state index in [0.717, 1.165) is 11.3 Å². The number of ether oxygens (including phenoxy) is 1. The first kappa shape index (κ1) is 17.5. The van der Waals surface area contributed by atoms with Crippen LogP contribution < -0.4 is 4.74 Å². The molecule has 128 valence electrons. The lowest BCUT2D eigenvalue weighted by molar-refractivity contribution is 0.0784. The van der Waals surface area contributed by atoms with Crippen molar-refractivity contribution in [2.75, 3.05) is 7.05 Å². The highest BCUT2D eigenvalue weighted by Gasteiger charge is 2.13. The van der Waals surface area contributed by atoms with Gasteiger partial charge in [0.2, 0.25) is 0 Å². The monoisotopic (exact) mass is 372 g/mol. The summed E-state index contributed by atoms with van der Waals surface area (Å²) in [5, 5.41) is 2.62. The van der Waals surface area contributed by atoms with Crippen molar-refractivity contribution >= 4 is 28.8 Å². The summed E-state index contributed by atoms with van der Waals surface area (Å²) in [6.45, 7) is 0.904. The first-order chi connectivity index (χ1) is 12.1. The summed E-state index contributed by atoms with van der Waals surface area (Å²) < 4.78 is 5.71. The van der Waals surface area contributed by atoms with E-state index in [4.69, 9.17) is 16.3 Å². The molecule has 0 bridgehead atoms. The predicted molar refractivity (Wildman–Crippen MR) is 100 cm³/mol. The minimum absolute atomic E-state index is 0.0611. The topological polar surface area (TPSA) is 42.4 Å². The van der Waals surface area contributed by atoms with Crippen LogP contribution in [0.25, 0.3) is 0 Å². The van der Waals surface area contributed by atoms with Crippen molar-refractivity contribution in [3.63, 3.8) is 0 Å². The van der Waals surface area contributed by atoms with Crippen LogP contribution in [0.2, 0.25) is 5.02 Å². The number of hydrogen-bond acceptors (Lipinski definition) is 4. The molecule has 3 aromatic rings. The molecule has 0 saturated heterocycles. The van der Waals surface area contributed by atoms with E-state index >= 15 is 0 Å². The molecule has 0 aliphatic carbocycles. The van der Waals surface area contributed by atoms with Crippen LogP contribution in [0.15, 0.2) is 59.4 Å². The Labute approximate surface area is 155 Å². The highest BCUT2D eigenvalue weighted by Crippen LogP contribution is 2.18. The zero-order chi connectivity index (χ0) is 17.6. The van der Waals surface area contributed by atoms with E-state index < -0.39 is 0 Å². The van der Waals surface area contributed by atoms with E-state index in [-0.39, 0.29) is 5.91 Å². The highest BCUT2D eigenvalue weighted by atomic mass is 35.5. The van der Waals surface area contributed by atoms with E-state index in [9.17, 15) is 4.79 Å². The average molecular weight is 373 g/mol. The summed E-state index contributed by atoms with van der Waals surface area (Å²) in [6.07, 6.45) is 0. The molecule has 0 N–H and O–H groups in total. The lowest BCUT2D eigenvalue weighted by Crippen LogP contribution is -2.26. The SMILES string of the molecule is CN(Cc1ccc(Cl)cc1)C(=O)c1cccc(OCc2cscn2)c1. The van der Waals surface area contributed by atoms with Crippen molar-refractivity contribution in [3.8, 4) is 5.75 Å². The molecule has 0 atom stereocenters. The van der Waals surface area contributed by atoms with Crippen molar-refractivity contribution in [3.05, 3.63) is 81.3 Å². The maximum atomic E-state index is 12.6. The van der Waals surface area contributed by atoms with E-state index in [1.54, 1.807) is 29.6 Å². The fourth-order valence-corrected chi connectivity index (χ4v) is 3.01. The van der Waals surface area contributed by atoms with E-state index in [1.807, 2.05) is 41.8 Å². The summed E-state index contributed by atoms with van der Waals surface area (Å²) in [6, 6.07) is 14.7. The quantitative estimate of drug-likeness (QED) is 0.632. The molecule has 25 heavy (non-hydrogen) atoms. The number of rotatable bonds is 6. The number of carbonyl (C=O) groups is 1. The normalized spacial score (nSPS) is 10.5. The minimum Gasteiger partial charge on any atom is -0.487 e. The van der Waals surface area contributed by atoms with E-state index in [2.05, 4.69) is 4.98 Å². The summed E-state index contributed by atoms with van der Waals surface area (Å²) in [5.41, 5.74) is 4.26. The Bertz CT molecular complexity index is 835. The van der Waals surface area contributed by atoms with Crippen LogP contribution in [0.4, 0.5) is 0 Å². The van der Waals surface area contributed by atoms with Crippen LogP contribution in [0.5, 0.6) is 5.75 Å². The summed E-state index contributed by atoms with van der Waals surface area (Å²) in [5.74, 6) is 0.591. The molecule has 1 heterocycles. The minimum atomic E-state index is -0.0611. The second kappa shape index (κ2) is 8.14. The molecule has 0 spiro atoms. The fourth-order valence-electron chi connectivity index (χ4n) is 2.34. The Morgan fingerprint density at radius 3 is 2.76 bits per heavy atom. The van der Waals surface area contributed by atoms with Gasteiger partial charge in [0.25, 0.3) is 5.91 Å². The van der Waals surface area contributed by atoms with Gasteiger partial charge in [-0.2, -0.15) is 0 Å². The van der Waals surface area contributed by atoms with Gasteiger partial charge in [-0.1, -0.05) is 29.8 Å². The van der Waals surface area contributed by atoms with Crippen molar-refractivity contribution in [2.45, 2.75) is 13.2 Å². The van der Waals surface area contributed by atoms with Gasteiger partial charge >= 0.3 is 0 Å². The Hall–Kier alpha value is -2.37. The number of aromatic nitrogens is 1. The molecule has 0 fully saturated rings. The Balaban J connectivity index is 1.64. The van der Waals surface area contributed by atoms with Crippen LogP contribution in [0.1, 0.15) is 21.6 Å². The molecule has 0 aliphatic heterocycles. The van der Waals surface area contributed by atoms with Gasteiger partial charge in [-0.3, -0.25) is 4.79 Å². The third-order valence-corrected chi connectivity index (χ3v) is 4.52. The molecule has 4 nitrogen and oxygen atoms in total. The van der Waals surface area contributed by atoms with Crippen molar-refractivity contribution in [2.24, 2.45) is 0 Å². The van der Waals surface area contributed by atoms with Gasteiger partial charge in [0.1, 0.15) is 12.4 Å². The first-order valence-corrected chi connectivity index (χ1v) is 9.04. The van der Waals surface area contributed by atoms with Crippen molar-refractivity contribution < 1.29 is 9.53 Å². The molecule has 3 rings (SSSR count). The van der Waals surface area contributed by atoms with Gasteiger partial charge in [0.05, 0.1) is 11.2 Å². The maximum absolute atomic E-state index is 12.6. The zero-order valence-corrected chi connectivity index (χ0v) is 15.3. The maximum Gasteiger partial charge on any atom is 0.254 e. The van der Waals surface area contributed by atoms with Crippen LogP contribution in [0.3, 0.4) is 0 Å². The molecular weight excluding hydrogens is 356 g/mol. The van der Waals surface area contributed by atoms with Crippen LogP contribution in [0, 0.1) is 0 Å². The highest BCUT2D eigenvalue weighted by molar-refractivity contribution is 7.07. The molecule has 0 unspecified atom stereocenters. The molecule has 2 aromatic carbocycles. The van der Waals surface area contributed by atoms with Crippen LogP contribution in [-0.2, 0) is 13.2 Å². The standard InChI is InChI=1S/C19H17ClN2O2S/c1-22(10-14-5-7-16(20)8-6-14)19(23)15-3-2-4-18(9-15)24-11-17-12-25-13-21-17/h2-9,12-13H,10-11H2,1H3. The van der Waals surface area contributed by atoms with Gasteiger partial charge in [-0.15, -0.1) is 11.3 Å². The Kier molecular flexibility index (Phi) is 5.68. The number of nitrogens with zero attached hydrogens (tertiary/aromatic N) is 2. The number of carbonyl (C=O) groups excluding carboxylic acids is 1. The van der Waals surface area contributed by atoms with Crippen LogP contribution in [-0.4, -0.2) is 22.8 Å². The summed E-state index contributed by atoms with van der Waals surface area (Å²) >= 11 is 7.42. The lowest BCUT2D eigenvalue weighted by Gasteiger charge is -2.18. The zero-order valence-electron chi connectivity index (χ0n) is 13.7. The second-order valence-electron chi connectivity index (χ2n) is 5.58. The molecule has 1 amide bonds. The van der Waals surface area contributed by atoms with Gasteiger partial charge in [0, 0.05) is 29.6 Å². The lowest BCUT2D eigenvalue weighted by atomic mass is 10.1. The molecule has 0 aliphatic rings. The smallest absolute Gasteiger partial charge is 0.254 e. The van der Waals surface area contributed by atoms with Gasteiger partial charge in [-0.05, 0) is 35.9 Å². The van der Waals surface area contributed by atoms with Crippen molar-refractivity contribution in [1.29, 1.82) is 0 Å². The Morgan fingerprint density at radius 2 is 2.04 bits per heavy atom. The number of thiazole rings is 1. The summed E-state index contributed by atoms with van der Waals surface area (Å²) in [7, 11) is 1.78. The van der Waals surface area contributed by atoms with Gasteiger partial charge < -0.3 is 9.64 Å². The number of benzene rings is 2. The molecule has 0 radical (unpaired) electrons. The molecule has 1 aromatic heterocycles.